The van der Waals surface area contributed by atoms with Crippen LogP contribution in [0.15, 0.2) is 12.3 Å². The molecule has 70 valence electrons. The standard InChI is InChI=1S/C7H5F3N2O/c8-4-2-12-5(6(9)10)1-3(4)7(11)13/h1-2,6H,(H2,11,13). The first-order chi connectivity index (χ1) is 6.02. The highest BCUT2D eigenvalue weighted by atomic mass is 19.3. The van der Waals surface area contributed by atoms with E-state index in [1.54, 1.807) is 0 Å². The fourth-order valence-electron chi connectivity index (χ4n) is 0.763. The van der Waals surface area contributed by atoms with E-state index in [0.717, 1.165) is 0 Å². The first-order valence-electron chi connectivity index (χ1n) is 3.25. The Kier molecular flexibility index (Phi) is 2.50. The monoisotopic (exact) mass is 190 g/mol. The Labute approximate surface area is 71.4 Å². The van der Waals surface area contributed by atoms with Gasteiger partial charge in [-0.15, -0.1) is 0 Å². The van der Waals surface area contributed by atoms with Crippen molar-refractivity contribution in [3.8, 4) is 0 Å². The summed E-state index contributed by atoms with van der Waals surface area (Å²) in [5, 5.41) is 0. The number of alkyl halides is 2. The normalized spacial score (nSPS) is 10.5. The fraction of sp³-hybridized carbons (Fsp3) is 0.143. The number of rotatable bonds is 2. The molecule has 0 aliphatic rings. The highest BCUT2D eigenvalue weighted by Gasteiger charge is 2.15. The van der Waals surface area contributed by atoms with E-state index in [9.17, 15) is 18.0 Å². The minimum atomic E-state index is -2.85. The van der Waals surface area contributed by atoms with Gasteiger partial charge < -0.3 is 5.73 Å². The Morgan fingerprint density at radius 2 is 2.15 bits per heavy atom. The van der Waals surface area contributed by atoms with Crippen LogP contribution in [0.25, 0.3) is 0 Å². The highest BCUT2D eigenvalue weighted by molar-refractivity contribution is 5.93. The molecule has 0 bridgehead atoms. The van der Waals surface area contributed by atoms with Crippen molar-refractivity contribution < 1.29 is 18.0 Å². The number of aromatic nitrogens is 1. The van der Waals surface area contributed by atoms with Crippen LogP contribution in [-0.4, -0.2) is 10.9 Å². The zero-order valence-electron chi connectivity index (χ0n) is 6.30. The lowest BCUT2D eigenvalue weighted by molar-refractivity contribution is 0.0995. The molecule has 6 heteroatoms. The smallest absolute Gasteiger partial charge is 0.280 e. The van der Waals surface area contributed by atoms with Gasteiger partial charge in [-0.25, -0.2) is 13.2 Å². The molecule has 0 fully saturated rings. The Bertz CT molecular complexity index is 341. The number of pyridine rings is 1. The van der Waals surface area contributed by atoms with Crippen LogP contribution >= 0.6 is 0 Å². The van der Waals surface area contributed by atoms with Crippen LogP contribution in [0, 0.1) is 5.82 Å². The van der Waals surface area contributed by atoms with E-state index in [2.05, 4.69) is 4.98 Å². The predicted octanol–water partition coefficient (Wildman–Crippen LogP) is 1.26. The second kappa shape index (κ2) is 3.42. The Morgan fingerprint density at radius 1 is 1.54 bits per heavy atom. The van der Waals surface area contributed by atoms with Crippen molar-refractivity contribution >= 4 is 5.91 Å². The first-order valence-corrected chi connectivity index (χ1v) is 3.25. The van der Waals surface area contributed by atoms with Crippen molar-refractivity contribution in [3.05, 3.63) is 29.3 Å². The lowest BCUT2D eigenvalue weighted by atomic mass is 10.2. The number of nitrogens with two attached hydrogens (primary N) is 1. The van der Waals surface area contributed by atoms with E-state index in [1.807, 2.05) is 0 Å². The van der Waals surface area contributed by atoms with E-state index in [1.165, 1.54) is 0 Å². The number of carbonyl (C=O) groups excluding carboxylic acids is 1. The van der Waals surface area contributed by atoms with Gasteiger partial charge in [0, 0.05) is 0 Å². The van der Waals surface area contributed by atoms with Crippen molar-refractivity contribution in [1.82, 2.24) is 4.98 Å². The van der Waals surface area contributed by atoms with Crippen molar-refractivity contribution in [2.24, 2.45) is 5.73 Å². The van der Waals surface area contributed by atoms with Crippen LogP contribution in [-0.2, 0) is 0 Å². The molecule has 0 spiro atoms. The van der Waals surface area contributed by atoms with Crippen molar-refractivity contribution in [2.45, 2.75) is 6.43 Å². The first kappa shape index (κ1) is 9.50. The molecule has 3 nitrogen and oxygen atoms in total. The van der Waals surface area contributed by atoms with Gasteiger partial charge in [0.05, 0.1) is 11.8 Å². The molecule has 0 aromatic carbocycles. The van der Waals surface area contributed by atoms with E-state index in [0.29, 0.717) is 12.3 Å². The number of nitrogens with zero attached hydrogens (tertiary/aromatic N) is 1. The van der Waals surface area contributed by atoms with Gasteiger partial charge in [-0.05, 0) is 6.07 Å². The minimum Gasteiger partial charge on any atom is -0.366 e. The highest BCUT2D eigenvalue weighted by Crippen LogP contribution is 2.18. The summed E-state index contributed by atoms with van der Waals surface area (Å²) < 4.78 is 36.7. The molecule has 2 N–H and O–H groups in total. The van der Waals surface area contributed by atoms with Gasteiger partial charge in [0.25, 0.3) is 12.3 Å². The van der Waals surface area contributed by atoms with Gasteiger partial charge in [-0.3, -0.25) is 9.78 Å². The summed E-state index contributed by atoms with van der Waals surface area (Å²) in [6.45, 7) is 0. The van der Waals surface area contributed by atoms with Gasteiger partial charge in [0.2, 0.25) is 0 Å². The van der Waals surface area contributed by atoms with Gasteiger partial charge in [-0.2, -0.15) is 0 Å². The maximum Gasteiger partial charge on any atom is 0.280 e. The summed E-state index contributed by atoms with van der Waals surface area (Å²) in [5.41, 5.74) is 3.48. The van der Waals surface area contributed by atoms with Crippen molar-refractivity contribution in [3.63, 3.8) is 0 Å². The second-order valence-electron chi connectivity index (χ2n) is 2.25. The third-order valence-corrected chi connectivity index (χ3v) is 1.37. The number of primary amides is 1. The summed E-state index contributed by atoms with van der Waals surface area (Å²) in [5.74, 6) is -2.10. The van der Waals surface area contributed by atoms with Crippen LogP contribution in [0.3, 0.4) is 0 Å². The predicted molar refractivity (Wildman–Crippen MR) is 37.7 cm³/mol. The van der Waals surface area contributed by atoms with Gasteiger partial charge in [0.15, 0.2) is 5.82 Å². The van der Waals surface area contributed by atoms with E-state index >= 15 is 0 Å². The van der Waals surface area contributed by atoms with E-state index < -0.39 is 29.4 Å². The number of halogens is 3. The van der Waals surface area contributed by atoms with Crippen LogP contribution in [0.2, 0.25) is 0 Å². The molecule has 13 heavy (non-hydrogen) atoms. The summed E-state index contributed by atoms with van der Waals surface area (Å²) in [6, 6.07) is 0.641. The zero-order chi connectivity index (χ0) is 10.0. The molecule has 0 radical (unpaired) electrons. The van der Waals surface area contributed by atoms with E-state index in [4.69, 9.17) is 5.73 Å². The molecule has 1 rings (SSSR count). The second-order valence-corrected chi connectivity index (χ2v) is 2.25. The van der Waals surface area contributed by atoms with Crippen LogP contribution in [0.1, 0.15) is 22.5 Å². The molecule has 1 aromatic rings. The third kappa shape index (κ3) is 1.95. The maximum absolute atomic E-state index is 12.7. The topological polar surface area (TPSA) is 56.0 Å². The van der Waals surface area contributed by atoms with Gasteiger partial charge in [-0.1, -0.05) is 0 Å². The fourth-order valence-corrected chi connectivity index (χ4v) is 0.763. The minimum absolute atomic E-state index is 0.543. The quantitative estimate of drug-likeness (QED) is 0.763. The average Bonchev–Trinajstić information content (AvgIpc) is 2.04. The maximum atomic E-state index is 12.7. The Hall–Kier alpha value is -1.59. The zero-order valence-corrected chi connectivity index (χ0v) is 6.30. The van der Waals surface area contributed by atoms with Crippen molar-refractivity contribution in [2.75, 3.05) is 0 Å². The lowest BCUT2D eigenvalue weighted by Crippen LogP contribution is -2.14. The molecular formula is C7H5F3N2O. The summed E-state index contributed by atoms with van der Waals surface area (Å²) in [7, 11) is 0. The lowest BCUT2D eigenvalue weighted by Gasteiger charge is -2.01. The summed E-state index contributed by atoms with van der Waals surface area (Å²) >= 11 is 0. The molecule has 0 saturated carbocycles. The molecular weight excluding hydrogens is 185 g/mol. The van der Waals surface area contributed by atoms with Crippen molar-refractivity contribution in [1.29, 1.82) is 0 Å². The van der Waals surface area contributed by atoms with Gasteiger partial charge in [0.1, 0.15) is 5.69 Å². The number of hydrogen-bond acceptors (Lipinski definition) is 2. The average molecular weight is 190 g/mol. The molecule has 0 aliphatic heterocycles. The Morgan fingerprint density at radius 3 is 2.62 bits per heavy atom. The summed E-state index contributed by atoms with van der Waals surface area (Å²) in [4.78, 5) is 13.6. The van der Waals surface area contributed by atoms with E-state index in [-0.39, 0.29) is 0 Å². The molecule has 0 atom stereocenters. The third-order valence-electron chi connectivity index (χ3n) is 1.37. The molecule has 0 aliphatic carbocycles. The molecule has 1 amide bonds. The largest absolute Gasteiger partial charge is 0.366 e. The molecule has 1 heterocycles. The number of hydrogen-bond donors (Lipinski definition) is 1. The Balaban J connectivity index is 3.19. The van der Waals surface area contributed by atoms with Crippen LogP contribution in [0.5, 0.6) is 0 Å². The summed E-state index contributed by atoms with van der Waals surface area (Å²) in [6.07, 6.45) is -2.31. The molecule has 0 unspecified atom stereocenters. The SMILES string of the molecule is NC(=O)c1cc(C(F)F)ncc1F. The molecule has 0 saturated heterocycles. The molecule has 1 aromatic heterocycles. The number of carbonyl (C=O) groups is 1. The van der Waals surface area contributed by atoms with Crippen LogP contribution < -0.4 is 5.73 Å². The van der Waals surface area contributed by atoms with Crippen LogP contribution in [0.4, 0.5) is 13.2 Å². The number of amides is 1. The van der Waals surface area contributed by atoms with Gasteiger partial charge >= 0.3 is 0 Å².